The van der Waals surface area contributed by atoms with Crippen LogP contribution in [0.4, 0.5) is 0 Å². The van der Waals surface area contributed by atoms with E-state index in [-0.39, 0.29) is 24.8 Å². The van der Waals surface area contributed by atoms with Crippen LogP contribution in [0.2, 0.25) is 0 Å². The van der Waals surface area contributed by atoms with Gasteiger partial charge in [-0.05, 0) is 111 Å². The van der Waals surface area contributed by atoms with Crippen molar-refractivity contribution in [2.75, 3.05) is 0 Å². The van der Waals surface area contributed by atoms with Gasteiger partial charge in [0, 0.05) is 12.5 Å². The summed E-state index contributed by atoms with van der Waals surface area (Å²) < 4.78 is 0. The fraction of sp³-hybridized carbons (Fsp3) is 0.893. The second-order valence-electron chi connectivity index (χ2n) is 13.0. The van der Waals surface area contributed by atoms with E-state index in [9.17, 15) is 19.5 Å². The maximum Gasteiger partial charge on any atom is 0.305 e. The van der Waals surface area contributed by atoms with Crippen LogP contribution in [0.3, 0.4) is 0 Å². The molecule has 0 aromatic carbocycles. The van der Waals surface area contributed by atoms with Gasteiger partial charge >= 0.3 is 11.9 Å². The molecule has 0 heterocycles. The fourth-order valence-corrected chi connectivity index (χ4v) is 9.51. The summed E-state index contributed by atoms with van der Waals surface area (Å²) in [6.07, 6.45) is 11.3. The minimum atomic E-state index is -1.04. The smallest absolute Gasteiger partial charge is 0.305 e. The number of nitrogens with one attached hydrogen (secondary N) is 1. The molecule has 5 unspecified atom stereocenters. The third-order valence-electron chi connectivity index (χ3n) is 11.3. The highest BCUT2D eigenvalue weighted by molar-refractivity contribution is 5.86. The standard InChI is InChI=1S/C28H46N2O5/c1-16(4-9-24(31)32)20-7-8-21-19-6-5-17-14-18(30-26(35)23(29)15-25(33)34)10-12-27(17,2)22(19)11-13-28(20,21)3/h16-23H,4-15,29H2,1-3H3,(H,30,35)(H,31,32)(H,33,34)/t16-,17-,18-,19?,20?,21?,22?,23?,27+,28-/m1/s1. The molecule has 0 saturated heterocycles. The van der Waals surface area contributed by atoms with Crippen molar-refractivity contribution in [1.29, 1.82) is 0 Å². The number of carboxylic acids is 2. The van der Waals surface area contributed by atoms with E-state index in [1.54, 1.807) is 0 Å². The molecule has 7 heteroatoms. The van der Waals surface area contributed by atoms with Gasteiger partial charge in [-0.15, -0.1) is 0 Å². The highest BCUT2D eigenvalue weighted by Crippen LogP contribution is 2.68. The minimum absolute atomic E-state index is 0.0942. The van der Waals surface area contributed by atoms with Crippen LogP contribution in [0, 0.1) is 46.3 Å². The van der Waals surface area contributed by atoms with Crippen LogP contribution >= 0.6 is 0 Å². The van der Waals surface area contributed by atoms with Gasteiger partial charge in [-0.1, -0.05) is 20.8 Å². The lowest BCUT2D eigenvalue weighted by atomic mass is 9.44. The lowest BCUT2D eigenvalue weighted by Crippen LogP contribution is -2.56. The molecule has 35 heavy (non-hydrogen) atoms. The first kappa shape index (κ1) is 26.4. The molecule has 4 saturated carbocycles. The van der Waals surface area contributed by atoms with E-state index >= 15 is 0 Å². The van der Waals surface area contributed by atoms with E-state index in [4.69, 9.17) is 10.8 Å². The Morgan fingerprint density at radius 2 is 1.63 bits per heavy atom. The van der Waals surface area contributed by atoms with Gasteiger partial charge in [0.2, 0.25) is 5.91 Å². The molecule has 4 aliphatic carbocycles. The lowest BCUT2D eigenvalue weighted by molar-refractivity contribution is -0.140. The Morgan fingerprint density at radius 3 is 2.31 bits per heavy atom. The van der Waals surface area contributed by atoms with Crippen molar-refractivity contribution in [3.63, 3.8) is 0 Å². The van der Waals surface area contributed by atoms with Crippen LogP contribution in [-0.2, 0) is 14.4 Å². The first-order chi connectivity index (χ1) is 16.5. The van der Waals surface area contributed by atoms with Crippen LogP contribution in [0.1, 0.15) is 97.8 Å². The minimum Gasteiger partial charge on any atom is -0.481 e. The first-order valence-electron chi connectivity index (χ1n) is 13.9. The molecule has 10 atom stereocenters. The Bertz CT molecular complexity index is 832. The van der Waals surface area contributed by atoms with E-state index in [1.165, 1.54) is 38.5 Å². The third kappa shape index (κ3) is 4.99. The van der Waals surface area contributed by atoms with E-state index in [2.05, 4.69) is 26.1 Å². The summed E-state index contributed by atoms with van der Waals surface area (Å²) in [5, 5.41) is 21.2. The van der Waals surface area contributed by atoms with Crippen molar-refractivity contribution >= 4 is 17.8 Å². The summed E-state index contributed by atoms with van der Waals surface area (Å²) in [5.41, 5.74) is 6.43. The zero-order valence-electron chi connectivity index (χ0n) is 21.8. The number of carbonyl (C=O) groups is 3. The Morgan fingerprint density at radius 1 is 0.943 bits per heavy atom. The maximum absolute atomic E-state index is 12.4. The molecule has 5 N–H and O–H groups in total. The number of rotatable bonds is 8. The summed E-state index contributed by atoms with van der Waals surface area (Å²) in [5.74, 6) is 1.89. The van der Waals surface area contributed by atoms with Crippen LogP contribution in [0.25, 0.3) is 0 Å². The monoisotopic (exact) mass is 490 g/mol. The highest BCUT2D eigenvalue weighted by atomic mass is 16.4. The molecule has 4 aliphatic rings. The predicted molar refractivity (Wildman–Crippen MR) is 133 cm³/mol. The van der Waals surface area contributed by atoms with Crippen molar-refractivity contribution in [3.05, 3.63) is 0 Å². The molecule has 0 spiro atoms. The van der Waals surface area contributed by atoms with Crippen LogP contribution < -0.4 is 11.1 Å². The molecule has 7 nitrogen and oxygen atoms in total. The molecule has 0 bridgehead atoms. The Hall–Kier alpha value is -1.63. The van der Waals surface area contributed by atoms with E-state index in [0.717, 1.165) is 43.4 Å². The van der Waals surface area contributed by atoms with Gasteiger partial charge in [0.05, 0.1) is 12.5 Å². The average Bonchev–Trinajstić information content (AvgIpc) is 3.14. The average molecular weight is 491 g/mol. The lowest BCUT2D eigenvalue weighted by Gasteiger charge is -2.61. The Kier molecular flexibility index (Phi) is 7.57. The SMILES string of the molecule is C[C@H](CCC(=O)O)C1CCC2C3CC[C@@H]4C[C@H](NC(=O)C(N)CC(=O)O)CC[C@]4(C)C3CC[C@@]21C. The number of aliphatic carboxylic acids is 2. The van der Waals surface area contributed by atoms with Gasteiger partial charge < -0.3 is 21.3 Å². The highest BCUT2D eigenvalue weighted by Gasteiger charge is 2.60. The third-order valence-corrected chi connectivity index (χ3v) is 11.3. The zero-order chi connectivity index (χ0) is 25.5. The molecule has 4 fully saturated rings. The summed E-state index contributed by atoms with van der Waals surface area (Å²) in [6, 6.07) is -0.891. The second-order valence-corrected chi connectivity index (χ2v) is 13.0. The van der Waals surface area contributed by atoms with Crippen LogP contribution in [0.5, 0.6) is 0 Å². The zero-order valence-corrected chi connectivity index (χ0v) is 21.8. The van der Waals surface area contributed by atoms with Crippen molar-refractivity contribution in [2.45, 2.75) is 110 Å². The summed E-state index contributed by atoms with van der Waals surface area (Å²) in [4.78, 5) is 34.5. The quantitative estimate of drug-likeness (QED) is 0.398. The van der Waals surface area contributed by atoms with Crippen molar-refractivity contribution in [2.24, 2.45) is 52.1 Å². The number of nitrogens with two attached hydrogens (primary N) is 1. The van der Waals surface area contributed by atoms with Gasteiger partial charge in [0.25, 0.3) is 0 Å². The Balaban J connectivity index is 1.40. The maximum atomic E-state index is 12.4. The molecule has 4 rings (SSSR count). The molecule has 0 aliphatic heterocycles. The van der Waals surface area contributed by atoms with E-state index < -0.39 is 18.0 Å². The number of carbonyl (C=O) groups excluding carboxylic acids is 1. The normalized spacial score (nSPS) is 42.2. The van der Waals surface area contributed by atoms with Crippen molar-refractivity contribution in [1.82, 2.24) is 5.32 Å². The van der Waals surface area contributed by atoms with Gasteiger partial charge in [0.15, 0.2) is 0 Å². The predicted octanol–water partition coefficient (Wildman–Crippen LogP) is 4.43. The van der Waals surface area contributed by atoms with E-state index in [1.807, 2.05) is 0 Å². The molecular weight excluding hydrogens is 444 g/mol. The fourth-order valence-electron chi connectivity index (χ4n) is 9.51. The largest absolute Gasteiger partial charge is 0.481 e. The molecular formula is C28H46N2O5. The van der Waals surface area contributed by atoms with E-state index in [0.29, 0.717) is 28.6 Å². The first-order valence-corrected chi connectivity index (χ1v) is 13.9. The number of amides is 1. The number of carboxylic acid groups (broad SMARTS) is 2. The van der Waals surface area contributed by atoms with Gasteiger partial charge in [-0.3, -0.25) is 14.4 Å². The van der Waals surface area contributed by atoms with Gasteiger partial charge in [-0.2, -0.15) is 0 Å². The molecule has 198 valence electrons. The summed E-state index contributed by atoms with van der Waals surface area (Å²) in [6.45, 7) is 7.31. The molecule has 0 aromatic rings. The summed E-state index contributed by atoms with van der Waals surface area (Å²) in [7, 11) is 0. The number of fused-ring (bicyclic) bond motifs is 5. The van der Waals surface area contributed by atoms with Crippen LogP contribution in [-0.4, -0.2) is 40.1 Å². The van der Waals surface area contributed by atoms with Gasteiger partial charge in [-0.25, -0.2) is 0 Å². The molecule has 1 amide bonds. The van der Waals surface area contributed by atoms with Gasteiger partial charge in [0.1, 0.15) is 0 Å². The van der Waals surface area contributed by atoms with Crippen molar-refractivity contribution in [3.8, 4) is 0 Å². The second kappa shape index (κ2) is 10.0. The molecule has 0 radical (unpaired) electrons. The summed E-state index contributed by atoms with van der Waals surface area (Å²) >= 11 is 0. The topological polar surface area (TPSA) is 130 Å². The number of hydrogen-bond donors (Lipinski definition) is 4. The Labute approximate surface area is 210 Å². The number of hydrogen-bond acceptors (Lipinski definition) is 4. The van der Waals surface area contributed by atoms with Crippen molar-refractivity contribution < 1.29 is 24.6 Å². The van der Waals surface area contributed by atoms with Crippen LogP contribution in [0.15, 0.2) is 0 Å². The molecule has 0 aromatic heterocycles.